The first-order valence-corrected chi connectivity index (χ1v) is 10.0. The highest BCUT2D eigenvalue weighted by molar-refractivity contribution is 5.89. The van der Waals surface area contributed by atoms with Gasteiger partial charge in [0.25, 0.3) is 0 Å². The average molecular weight is 376 g/mol. The molecule has 0 fully saturated rings. The molecule has 1 aliphatic rings. The minimum absolute atomic E-state index is 0.0933. The van der Waals surface area contributed by atoms with Crippen LogP contribution < -0.4 is 4.74 Å². The molecule has 0 bridgehead atoms. The van der Waals surface area contributed by atoms with Gasteiger partial charge in [0.15, 0.2) is 0 Å². The number of hydrogen-bond donors (Lipinski definition) is 0. The molecular formula is C25H28O3. The number of fused-ring (bicyclic) bond motifs is 1. The van der Waals surface area contributed by atoms with Crippen molar-refractivity contribution in [3.8, 4) is 17.6 Å². The van der Waals surface area contributed by atoms with Crippen LogP contribution in [0.5, 0.6) is 5.75 Å². The summed E-state index contributed by atoms with van der Waals surface area (Å²) in [7, 11) is 0. The third-order valence-corrected chi connectivity index (χ3v) is 5.18. The van der Waals surface area contributed by atoms with Crippen molar-refractivity contribution in [2.24, 2.45) is 0 Å². The largest absolute Gasteiger partial charge is 0.493 e. The van der Waals surface area contributed by atoms with E-state index in [0.29, 0.717) is 12.2 Å². The zero-order chi connectivity index (χ0) is 20.1. The van der Waals surface area contributed by atoms with E-state index in [2.05, 4.69) is 44.7 Å². The molecule has 0 spiro atoms. The van der Waals surface area contributed by atoms with Crippen molar-refractivity contribution in [1.29, 1.82) is 0 Å². The van der Waals surface area contributed by atoms with Crippen molar-refractivity contribution in [1.82, 2.24) is 0 Å². The van der Waals surface area contributed by atoms with Crippen LogP contribution in [0.4, 0.5) is 0 Å². The Morgan fingerprint density at radius 1 is 1.14 bits per heavy atom. The zero-order valence-corrected chi connectivity index (χ0v) is 17.2. The van der Waals surface area contributed by atoms with Gasteiger partial charge in [-0.05, 0) is 67.1 Å². The lowest BCUT2D eigenvalue weighted by Crippen LogP contribution is -2.27. The Balaban J connectivity index is 1.93. The summed E-state index contributed by atoms with van der Waals surface area (Å²) in [5.41, 5.74) is 5.05. The first-order chi connectivity index (χ1) is 13.4. The van der Waals surface area contributed by atoms with E-state index in [1.807, 2.05) is 12.1 Å². The van der Waals surface area contributed by atoms with Gasteiger partial charge in [0, 0.05) is 16.7 Å². The maximum absolute atomic E-state index is 11.8. The van der Waals surface area contributed by atoms with E-state index in [0.717, 1.165) is 42.7 Å². The average Bonchev–Trinajstić information content (AvgIpc) is 2.67. The fourth-order valence-electron chi connectivity index (χ4n) is 3.46. The highest BCUT2D eigenvalue weighted by Gasteiger charge is 2.29. The topological polar surface area (TPSA) is 35.5 Å². The summed E-state index contributed by atoms with van der Waals surface area (Å²) in [5, 5.41) is 0. The zero-order valence-electron chi connectivity index (χ0n) is 17.2. The molecule has 146 valence electrons. The van der Waals surface area contributed by atoms with Crippen LogP contribution in [0.25, 0.3) is 0 Å². The molecule has 0 aromatic heterocycles. The predicted molar refractivity (Wildman–Crippen MR) is 112 cm³/mol. The predicted octanol–water partition coefficient (Wildman–Crippen LogP) is 5.28. The Morgan fingerprint density at radius 2 is 1.89 bits per heavy atom. The maximum atomic E-state index is 11.8. The Hall–Kier alpha value is -2.73. The molecule has 0 radical (unpaired) electrons. The number of hydrogen-bond acceptors (Lipinski definition) is 3. The summed E-state index contributed by atoms with van der Waals surface area (Å²) < 4.78 is 11.0. The molecule has 0 unspecified atom stereocenters. The lowest BCUT2D eigenvalue weighted by molar-refractivity contribution is 0.0526. The molecule has 1 aliphatic heterocycles. The standard InChI is InChI=1S/C25H28O3/c1-5-7-20-17-23-22(25(3,4)14-15-28-23)16-21(20)13-10-18-8-11-19(12-9-18)24(26)27-6-2/h8-9,11-12,16-17H,5-7,14-15H2,1-4H3. The summed E-state index contributed by atoms with van der Waals surface area (Å²) in [6.07, 6.45) is 3.04. The lowest BCUT2D eigenvalue weighted by atomic mass is 9.78. The molecule has 3 rings (SSSR count). The number of benzene rings is 2. The van der Waals surface area contributed by atoms with E-state index in [9.17, 15) is 4.79 Å². The Kier molecular flexibility index (Phi) is 6.09. The molecule has 0 saturated heterocycles. The van der Waals surface area contributed by atoms with Crippen LogP contribution in [-0.2, 0) is 16.6 Å². The van der Waals surface area contributed by atoms with Crippen molar-refractivity contribution in [3.63, 3.8) is 0 Å². The first kappa shape index (κ1) is 20.0. The second-order valence-electron chi connectivity index (χ2n) is 7.79. The van der Waals surface area contributed by atoms with Crippen molar-refractivity contribution in [2.45, 2.75) is 52.4 Å². The molecule has 1 heterocycles. The molecule has 0 saturated carbocycles. The normalized spacial score (nSPS) is 14.3. The summed E-state index contributed by atoms with van der Waals surface area (Å²) in [4.78, 5) is 11.8. The van der Waals surface area contributed by atoms with E-state index >= 15 is 0 Å². The molecular weight excluding hydrogens is 348 g/mol. The van der Waals surface area contributed by atoms with Gasteiger partial charge in [-0.15, -0.1) is 0 Å². The lowest BCUT2D eigenvalue weighted by Gasteiger charge is -2.33. The van der Waals surface area contributed by atoms with Crippen LogP contribution in [0, 0.1) is 11.8 Å². The van der Waals surface area contributed by atoms with Crippen LogP contribution in [0.3, 0.4) is 0 Å². The van der Waals surface area contributed by atoms with E-state index in [1.54, 1.807) is 19.1 Å². The molecule has 3 nitrogen and oxygen atoms in total. The van der Waals surface area contributed by atoms with Gasteiger partial charge in [0.2, 0.25) is 0 Å². The fraction of sp³-hybridized carbons (Fsp3) is 0.400. The summed E-state index contributed by atoms with van der Waals surface area (Å²) in [6, 6.07) is 11.6. The second-order valence-corrected chi connectivity index (χ2v) is 7.79. The summed E-state index contributed by atoms with van der Waals surface area (Å²) in [5.74, 6) is 7.31. The molecule has 2 aromatic rings. The summed E-state index contributed by atoms with van der Waals surface area (Å²) in [6.45, 7) is 9.65. The van der Waals surface area contributed by atoms with Crippen molar-refractivity contribution in [3.05, 3.63) is 64.2 Å². The molecule has 3 heteroatoms. The monoisotopic (exact) mass is 376 g/mol. The number of aryl methyl sites for hydroxylation is 1. The SMILES string of the molecule is CCCc1cc2c(cc1C#Cc1ccc(C(=O)OCC)cc1)C(C)(C)CCO2. The Labute approximate surface area is 168 Å². The van der Waals surface area contributed by atoms with Crippen LogP contribution >= 0.6 is 0 Å². The minimum Gasteiger partial charge on any atom is -0.493 e. The molecule has 0 aliphatic carbocycles. The van der Waals surface area contributed by atoms with Crippen LogP contribution in [0.1, 0.15) is 73.1 Å². The quantitative estimate of drug-likeness (QED) is 0.538. The van der Waals surface area contributed by atoms with Gasteiger partial charge < -0.3 is 9.47 Å². The van der Waals surface area contributed by atoms with Gasteiger partial charge in [-0.3, -0.25) is 0 Å². The van der Waals surface area contributed by atoms with E-state index in [4.69, 9.17) is 9.47 Å². The van der Waals surface area contributed by atoms with Crippen LogP contribution in [0.15, 0.2) is 36.4 Å². The van der Waals surface area contributed by atoms with E-state index < -0.39 is 0 Å². The third kappa shape index (κ3) is 4.39. The Bertz CT molecular complexity index is 911. The minimum atomic E-state index is -0.302. The number of ether oxygens (including phenoxy) is 2. The first-order valence-electron chi connectivity index (χ1n) is 10.0. The van der Waals surface area contributed by atoms with E-state index in [1.165, 1.54) is 11.1 Å². The van der Waals surface area contributed by atoms with Crippen LogP contribution in [-0.4, -0.2) is 19.2 Å². The van der Waals surface area contributed by atoms with Gasteiger partial charge in [0.05, 0.1) is 18.8 Å². The van der Waals surface area contributed by atoms with Gasteiger partial charge in [-0.2, -0.15) is 0 Å². The molecule has 0 atom stereocenters. The van der Waals surface area contributed by atoms with Crippen molar-refractivity contribution >= 4 is 5.97 Å². The van der Waals surface area contributed by atoms with E-state index in [-0.39, 0.29) is 11.4 Å². The van der Waals surface area contributed by atoms with Crippen molar-refractivity contribution in [2.75, 3.05) is 13.2 Å². The van der Waals surface area contributed by atoms with Gasteiger partial charge in [0.1, 0.15) is 5.75 Å². The number of rotatable bonds is 4. The molecule has 2 aromatic carbocycles. The molecule has 0 amide bonds. The number of carbonyl (C=O) groups excluding carboxylic acids is 1. The summed E-state index contributed by atoms with van der Waals surface area (Å²) >= 11 is 0. The molecule has 28 heavy (non-hydrogen) atoms. The Morgan fingerprint density at radius 3 is 2.57 bits per heavy atom. The van der Waals surface area contributed by atoms with Crippen LogP contribution in [0.2, 0.25) is 0 Å². The van der Waals surface area contributed by atoms with Gasteiger partial charge in [-0.25, -0.2) is 4.79 Å². The smallest absolute Gasteiger partial charge is 0.338 e. The highest BCUT2D eigenvalue weighted by atomic mass is 16.5. The third-order valence-electron chi connectivity index (χ3n) is 5.18. The molecule has 0 N–H and O–H groups in total. The van der Waals surface area contributed by atoms with Gasteiger partial charge >= 0.3 is 5.97 Å². The number of esters is 1. The second kappa shape index (κ2) is 8.52. The number of carbonyl (C=O) groups is 1. The maximum Gasteiger partial charge on any atom is 0.338 e. The van der Waals surface area contributed by atoms with Crippen molar-refractivity contribution < 1.29 is 14.3 Å². The van der Waals surface area contributed by atoms with Gasteiger partial charge in [-0.1, -0.05) is 39.0 Å². The fourth-order valence-corrected chi connectivity index (χ4v) is 3.46. The highest BCUT2D eigenvalue weighted by Crippen LogP contribution is 2.40.